The Morgan fingerprint density at radius 1 is 0.926 bits per heavy atom. The van der Waals surface area contributed by atoms with Gasteiger partial charge in [0, 0.05) is 12.0 Å². The highest BCUT2D eigenvalue weighted by atomic mass is 19.1. The Bertz CT molecular complexity index is 1030. The fourth-order valence-corrected chi connectivity index (χ4v) is 3.96. The Kier molecular flexibility index (Phi) is 4.77. The van der Waals surface area contributed by atoms with Gasteiger partial charge >= 0.3 is 0 Å². The number of benzene rings is 3. The van der Waals surface area contributed by atoms with Crippen molar-refractivity contribution in [3.8, 4) is 28.3 Å². The number of fused-ring (bicyclic) bond motifs is 3. The molecule has 2 heteroatoms. The second-order valence-corrected chi connectivity index (χ2v) is 7.26. The molecule has 0 aliphatic heterocycles. The van der Waals surface area contributed by atoms with Crippen molar-refractivity contribution in [1.82, 2.24) is 0 Å². The maximum absolute atomic E-state index is 15.0. The molecule has 0 atom stereocenters. The number of nitrogens with zero attached hydrogens (tertiary/aromatic N) is 1. The fourth-order valence-electron chi connectivity index (χ4n) is 3.96. The van der Waals surface area contributed by atoms with Crippen LogP contribution in [0.3, 0.4) is 0 Å². The van der Waals surface area contributed by atoms with Gasteiger partial charge in [0.05, 0.1) is 11.6 Å². The Hall–Kier alpha value is -2.92. The van der Waals surface area contributed by atoms with E-state index >= 15 is 4.39 Å². The lowest BCUT2D eigenvalue weighted by atomic mass is 9.98. The molecule has 0 unspecified atom stereocenters. The molecule has 4 rings (SSSR count). The summed E-state index contributed by atoms with van der Waals surface area (Å²) in [5.41, 5.74) is 7.89. The van der Waals surface area contributed by atoms with Gasteiger partial charge in [-0.05, 0) is 58.4 Å². The van der Waals surface area contributed by atoms with Crippen LogP contribution in [0.1, 0.15) is 48.4 Å². The molecule has 0 radical (unpaired) electrons. The highest BCUT2D eigenvalue weighted by molar-refractivity contribution is 5.80. The van der Waals surface area contributed by atoms with E-state index in [4.69, 9.17) is 5.26 Å². The third-order valence-electron chi connectivity index (χ3n) is 5.48. The molecule has 134 valence electrons. The molecule has 1 aliphatic carbocycles. The number of halogens is 1. The van der Waals surface area contributed by atoms with E-state index in [1.54, 1.807) is 0 Å². The molecule has 0 saturated heterocycles. The van der Waals surface area contributed by atoms with Gasteiger partial charge in [0.1, 0.15) is 5.82 Å². The molecule has 0 fully saturated rings. The minimum Gasteiger partial charge on any atom is -0.206 e. The van der Waals surface area contributed by atoms with Crippen LogP contribution in [0.4, 0.5) is 4.39 Å². The van der Waals surface area contributed by atoms with Crippen LogP contribution in [0.2, 0.25) is 0 Å². The van der Waals surface area contributed by atoms with Crippen molar-refractivity contribution in [3.05, 3.63) is 82.7 Å². The van der Waals surface area contributed by atoms with Crippen LogP contribution in [0.5, 0.6) is 0 Å². The third kappa shape index (κ3) is 3.26. The van der Waals surface area contributed by atoms with Gasteiger partial charge in [-0.25, -0.2) is 4.39 Å². The van der Waals surface area contributed by atoms with E-state index in [0.717, 1.165) is 59.1 Å². The zero-order valence-corrected chi connectivity index (χ0v) is 15.6. The predicted molar refractivity (Wildman–Crippen MR) is 108 cm³/mol. The number of hydrogen-bond acceptors (Lipinski definition) is 1. The largest absolute Gasteiger partial charge is 0.206 e. The Labute approximate surface area is 160 Å². The summed E-state index contributed by atoms with van der Waals surface area (Å²) in [6.07, 6.45) is 4.81. The second-order valence-electron chi connectivity index (χ2n) is 7.26. The smallest absolute Gasteiger partial charge is 0.130 e. The average Bonchev–Trinajstić information content (AvgIpc) is 3.08. The molecule has 0 amide bonds. The number of nitriles is 1. The van der Waals surface area contributed by atoms with Crippen LogP contribution in [0, 0.1) is 17.1 Å². The summed E-state index contributed by atoms with van der Waals surface area (Å²) in [7, 11) is 0. The van der Waals surface area contributed by atoms with Gasteiger partial charge in [-0.15, -0.1) is 0 Å². The van der Waals surface area contributed by atoms with E-state index in [-0.39, 0.29) is 5.82 Å². The first kappa shape index (κ1) is 17.5. The maximum Gasteiger partial charge on any atom is 0.130 e. The monoisotopic (exact) mass is 355 g/mol. The molecule has 0 heterocycles. The van der Waals surface area contributed by atoms with Crippen molar-refractivity contribution < 1.29 is 4.39 Å². The number of unbranched alkanes of at least 4 members (excludes halogenated alkanes) is 2. The minimum atomic E-state index is -0.0141. The van der Waals surface area contributed by atoms with Gasteiger partial charge in [-0.1, -0.05) is 62.2 Å². The zero-order chi connectivity index (χ0) is 18.8. The lowest BCUT2D eigenvalue weighted by Gasteiger charge is -2.08. The molecule has 27 heavy (non-hydrogen) atoms. The molecular weight excluding hydrogens is 333 g/mol. The average molecular weight is 355 g/mol. The van der Waals surface area contributed by atoms with Gasteiger partial charge in [0.15, 0.2) is 0 Å². The lowest BCUT2D eigenvalue weighted by Crippen LogP contribution is -1.96. The van der Waals surface area contributed by atoms with Crippen LogP contribution in [0.15, 0.2) is 54.6 Å². The Balaban J connectivity index is 1.64. The maximum atomic E-state index is 15.0. The van der Waals surface area contributed by atoms with E-state index in [1.165, 1.54) is 5.56 Å². The minimum absolute atomic E-state index is 0.0141. The summed E-state index contributed by atoms with van der Waals surface area (Å²) in [5, 5.41) is 8.96. The molecule has 3 aromatic rings. The SMILES string of the molecule is CCCCCc1ccc2c(c1F)Cc1cc(-c3ccc(C#N)cc3)ccc1-2. The molecule has 0 saturated carbocycles. The summed E-state index contributed by atoms with van der Waals surface area (Å²) < 4.78 is 15.0. The molecule has 3 aromatic carbocycles. The summed E-state index contributed by atoms with van der Waals surface area (Å²) in [4.78, 5) is 0. The quantitative estimate of drug-likeness (QED) is 0.367. The first-order valence-corrected chi connectivity index (χ1v) is 9.65. The van der Waals surface area contributed by atoms with Crippen LogP contribution < -0.4 is 0 Å². The standard InChI is InChI=1S/C25H22FN/c1-2-3-4-5-19-10-13-23-22-12-11-20(14-21(22)15-24(23)25(19)26)18-8-6-17(16-27)7-9-18/h6-14H,2-5,15H2,1H3. The highest BCUT2D eigenvalue weighted by Gasteiger charge is 2.23. The van der Waals surface area contributed by atoms with Crippen molar-refractivity contribution in [2.45, 2.75) is 39.0 Å². The number of aryl methyl sites for hydroxylation is 1. The first-order chi connectivity index (χ1) is 13.2. The molecule has 1 nitrogen and oxygen atoms in total. The van der Waals surface area contributed by atoms with Crippen molar-refractivity contribution >= 4 is 0 Å². The third-order valence-corrected chi connectivity index (χ3v) is 5.48. The molecule has 0 aromatic heterocycles. The molecule has 1 aliphatic rings. The second kappa shape index (κ2) is 7.37. The van der Waals surface area contributed by atoms with E-state index in [9.17, 15) is 0 Å². The summed E-state index contributed by atoms with van der Waals surface area (Å²) in [5.74, 6) is -0.0141. The van der Waals surface area contributed by atoms with Crippen molar-refractivity contribution in [2.24, 2.45) is 0 Å². The van der Waals surface area contributed by atoms with Crippen LogP contribution >= 0.6 is 0 Å². The van der Waals surface area contributed by atoms with Crippen LogP contribution in [-0.2, 0) is 12.8 Å². The molecule has 0 N–H and O–H groups in total. The highest BCUT2D eigenvalue weighted by Crippen LogP contribution is 2.40. The zero-order valence-electron chi connectivity index (χ0n) is 15.6. The molecule has 0 bridgehead atoms. The number of rotatable bonds is 5. The van der Waals surface area contributed by atoms with Crippen molar-refractivity contribution in [2.75, 3.05) is 0 Å². The predicted octanol–water partition coefficient (Wildman–Crippen LogP) is 6.67. The Morgan fingerprint density at radius 3 is 2.41 bits per heavy atom. The van der Waals surface area contributed by atoms with Gasteiger partial charge in [-0.2, -0.15) is 5.26 Å². The van der Waals surface area contributed by atoms with Crippen LogP contribution in [0.25, 0.3) is 22.3 Å². The van der Waals surface area contributed by atoms with Gasteiger partial charge in [0.25, 0.3) is 0 Å². The van der Waals surface area contributed by atoms with Gasteiger partial charge in [0.2, 0.25) is 0 Å². The van der Waals surface area contributed by atoms with Crippen LogP contribution in [-0.4, -0.2) is 0 Å². The topological polar surface area (TPSA) is 23.8 Å². The normalized spacial score (nSPS) is 11.7. The molecular formula is C25H22FN. The fraction of sp³-hybridized carbons (Fsp3) is 0.240. The van der Waals surface area contributed by atoms with E-state index in [2.05, 4.69) is 37.3 Å². The van der Waals surface area contributed by atoms with Gasteiger partial charge < -0.3 is 0 Å². The lowest BCUT2D eigenvalue weighted by molar-refractivity contribution is 0.589. The van der Waals surface area contributed by atoms with E-state index in [0.29, 0.717) is 12.0 Å². The van der Waals surface area contributed by atoms with Crippen molar-refractivity contribution in [3.63, 3.8) is 0 Å². The summed E-state index contributed by atoms with van der Waals surface area (Å²) >= 11 is 0. The number of hydrogen-bond donors (Lipinski definition) is 0. The van der Waals surface area contributed by atoms with E-state index < -0.39 is 0 Å². The Morgan fingerprint density at radius 2 is 1.67 bits per heavy atom. The molecule has 0 spiro atoms. The summed E-state index contributed by atoms with van der Waals surface area (Å²) in [6, 6.07) is 20.2. The summed E-state index contributed by atoms with van der Waals surface area (Å²) in [6.45, 7) is 2.17. The van der Waals surface area contributed by atoms with Gasteiger partial charge in [-0.3, -0.25) is 0 Å². The van der Waals surface area contributed by atoms with E-state index in [1.807, 2.05) is 30.3 Å². The van der Waals surface area contributed by atoms with Crippen molar-refractivity contribution in [1.29, 1.82) is 5.26 Å². The first-order valence-electron chi connectivity index (χ1n) is 9.65.